The predicted molar refractivity (Wildman–Crippen MR) is 82.8 cm³/mol. The molecule has 0 amide bonds. The van der Waals surface area contributed by atoms with E-state index in [1.807, 2.05) is 0 Å². The summed E-state index contributed by atoms with van der Waals surface area (Å²) >= 11 is 1.79. The first kappa shape index (κ1) is 14.9. The number of hydrogen-bond acceptors (Lipinski definition) is 3. The Bertz CT molecular complexity index is 382. The molecule has 0 aromatic heterocycles. The highest BCUT2D eigenvalue weighted by molar-refractivity contribution is 7.98. The molecule has 3 unspecified atom stereocenters. The molecule has 0 bridgehead atoms. The van der Waals surface area contributed by atoms with E-state index < -0.39 is 0 Å². The van der Waals surface area contributed by atoms with Crippen molar-refractivity contribution in [3.63, 3.8) is 0 Å². The first-order chi connectivity index (χ1) is 9.08. The van der Waals surface area contributed by atoms with Crippen molar-refractivity contribution in [2.24, 2.45) is 0 Å². The van der Waals surface area contributed by atoms with E-state index in [0.29, 0.717) is 24.3 Å². The van der Waals surface area contributed by atoms with Gasteiger partial charge in [0.05, 0.1) is 12.2 Å². The zero-order valence-corrected chi connectivity index (χ0v) is 13.2. The Morgan fingerprint density at radius 3 is 2.26 bits per heavy atom. The summed E-state index contributed by atoms with van der Waals surface area (Å²) in [5, 5.41) is 3.75. The summed E-state index contributed by atoms with van der Waals surface area (Å²) in [7, 11) is 0. The quantitative estimate of drug-likeness (QED) is 0.841. The summed E-state index contributed by atoms with van der Waals surface area (Å²) in [6.07, 6.45) is 5.07. The monoisotopic (exact) mass is 279 g/mol. The number of thioether (sulfide) groups is 1. The van der Waals surface area contributed by atoms with Gasteiger partial charge in [0, 0.05) is 17.0 Å². The molecule has 1 N–H and O–H groups in total. The lowest BCUT2D eigenvalue weighted by molar-refractivity contribution is -0.0433. The Morgan fingerprint density at radius 1 is 1.16 bits per heavy atom. The van der Waals surface area contributed by atoms with Crippen molar-refractivity contribution < 1.29 is 4.74 Å². The van der Waals surface area contributed by atoms with Crippen molar-refractivity contribution in [1.29, 1.82) is 0 Å². The summed E-state index contributed by atoms with van der Waals surface area (Å²) < 4.78 is 5.79. The molecule has 1 saturated heterocycles. The maximum atomic E-state index is 5.79. The van der Waals surface area contributed by atoms with E-state index in [0.717, 1.165) is 12.8 Å². The van der Waals surface area contributed by atoms with Crippen LogP contribution in [0.5, 0.6) is 0 Å². The third-order valence-corrected chi connectivity index (χ3v) is 4.54. The van der Waals surface area contributed by atoms with Crippen molar-refractivity contribution in [2.75, 3.05) is 6.26 Å². The smallest absolute Gasteiger partial charge is 0.0565 e. The van der Waals surface area contributed by atoms with Crippen LogP contribution >= 0.6 is 11.8 Å². The van der Waals surface area contributed by atoms with Crippen LogP contribution in [0.4, 0.5) is 0 Å². The van der Waals surface area contributed by atoms with Crippen LogP contribution in [0.15, 0.2) is 29.2 Å². The lowest BCUT2D eigenvalue weighted by Gasteiger charge is -2.34. The van der Waals surface area contributed by atoms with Gasteiger partial charge in [-0.25, -0.2) is 0 Å². The number of ether oxygens (including phenoxy) is 1. The van der Waals surface area contributed by atoms with E-state index in [4.69, 9.17) is 4.74 Å². The van der Waals surface area contributed by atoms with Crippen LogP contribution in [0.2, 0.25) is 0 Å². The summed E-state index contributed by atoms with van der Waals surface area (Å²) in [6.45, 7) is 6.59. The molecular formula is C16H25NOS. The van der Waals surface area contributed by atoms with Crippen molar-refractivity contribution in [1.82, 2.24) is 5.32 Å². The van der Waals surface area contributed by atoms with Gasteiger partial charge in [0.25, 0.3) is 0 Å². The summed E-state index contributed by atoms with van der Waals surface area (Å²) in [5.74, 6) is 0. The Kier molecular flexibility index (Phi) is 5.31. The van der Waals surface area contributed by atoms with Crippen LogP contribution in [0.25, 0.3) is 0 Å². The van der Waals surface area contributed by atoms with E-state index >= 15 is 0 Å². The van der Waals surface area contributed by atoms with Gasteiger partial charge in [0.1, 0.15) is 0 Å². The minimum atomic E-state index is 0.368. The summed E-state index contributed by atoms with van der Waals surface area (Å²) in [6, 6.07) is 9.83. The minimum Gasteiger partial charge on any atom is -0.375 e. The molecule has 1 heterocycles. The summed E-state index contributed by atoms with van der Waals surface area (Å²) in [4.78, 5) is 1.32. The van der Waals surface area contributed by atoms with E-state index in [-0.39, 0.29) is 0 Å². The maximum absolute atomic E-state index is 5.79. The second-order valence-corrected chi connectivity index (χ2v) is 6.47. The Hall–Kier alpha value is -0.510. The maximum Gasteiger partial charge on any atom is 0.0565 e. The molecular weight excluding hydrogens is 254 g/mol. The number of hydrogen-bond donors (Lipinski definition) is 1. The minimum absolute atomic E-state index is 0.368. The van der Waals surface area contributed by atoms with Crippen LogP contribution in [0.3, 0.4) is 0 Å². The van der Waals surface area contributed by atoms with E-state index in [1.54, 1.807) is 11.8 Å². The van der Waals surface area contributed by atoms with Gasteiger partial charge < -0.3 is 10.1 Å². The van der Waals surface area contributed by atoms with Gasteiger partial charge in [-0.1, -0.05) is 12.1 Å². The molecule has 106 valence electrons. The second kappa shape index (κ2) is 6.78. The fourth-order valence-electron chi connectivity index (χ4n) is 2.88. The third-order valence-electron chi connectivity index (χ3n) is 3.80. The molecule has 1 fully saturated rings. The van der Waals surface area contributed by atoms with Crippen LogP contribution in [-0.2, 0) is 4.74 Å². The van der Waals surface area contributed by atoms with Crippen LogP contribution in [0, 0.1) is 0 Å². The molecule has 0 aliphatic carbocycles. The van der Waals surface area contributed by atoms with Gasteiger partial charge in [-0.15, -0.1) is 11.8 Å². The lowest BCUT2D eigenvalue weighted by Crippen LogP contribution is -2.42. The molecule has 3 atom stereocenters. The standard InChI is InChI=1S/C16H25NOS/c1-11-9-15(10-12(2)18-11)17-13(3)14-5-7-16(19-4)8-6-14/h5-8,11-13,15,17H,9-10H2,1-4H3. The number of benzene rings is 1. The molecule has 0 spiro atoms. The number of nitrogens with one attached hydrogen (secondary N) is 1. The van der Waals surface area contributed by atoms with Gasteiger partial charge in [0.15, 0.2) is 0 Å². The Labute approximate surface area is 121 Å². The average Bonchev–Trinajstić information content (AvgIpc) is 2.37. The normalized spacial score (nSPS) is 29.2. The number of rotatable bonds is 4. The molecule has 0 saturated carbocycles. The average molecular weight is 279 g/mol. The highest BCUT2D eigenvalue weighted by atomic mass is 32.2. The molecule has 2 rings (SSSR count). The second-order valence-electron chi connectivity index (χ2n) is 5.59. The van der Waals surface area contributed by atoms with E-state index in [9.17, 15) is 0 Å². The molecule has 1 aliphatic heterocycles. The third kappa shape index (κ3) is 4.23. The molecule has 1 aromatic carbocycles. The van der Waals surface area contributed by atoms with Gasteiger partial charge in [-0.2, -0.15) is 0 Å². The Morgan fingerprint density at radius 2 is 1.74 bits per heavy atom. The van der Waals surface area contributed by atoms with Crippen LogP contribution in [0.1, 0.15) is 45.2 Å². The largest absolute Gasteiger partial charge is 0.375 e. The van der Waals surface area contributed by atoms with Crippen LogP contribution < -0.4 is 5.32 Å². The first-order valence-corrected chi connectivity index (χ1v) is 8.36. The SMILES string of the molecule is CSc1ccc(C(C)NC2CC(C)OC(C)C2)cc1. The van der Waals surface area contributed by atoms with Gasteiger partial charge >= 0.3 is 0 Å². The van der Waals surface area contributed by atoms with Crippen molar-refractivity contribution >= 4 is 11.8 Å². The van der Waals surface area contributed by atoms with Gasteiger partial charge in [-0.3, -0.25) is 0 Å². The molecule has 19 heavy (non-hydrogen) atoms. The summed E-state index contributed by atoms with van der Waals surface area (Å²) in [5.41, 5.74) is 1.37. The molecule has 0 radical (unpaired) electrons. The zero-order valence-electron chi connectivity index (χ0n) is 12.3. The van der Waals surface area contributed by atoms with Gasteiger partial charge in [0.2, 0.25) is 0 Å². The molecule has 3 heteroatoms. The van der Waals surface area contributed by atoms with E-state index in [1.165, 1.54) is 10.5 Å². The molecule has 2 nitrogen and oxygen atoms in total. The fraction of sp³-hybridized carbons (Fsp3) is 0.625. The topological polar surface area (TPSA) is 21.3 Å². The predicted octanol–water partition coefficient (Wildman–Crippen LogP) is 4.02. The van der Waals surface area contributed by atoms with Gasteiger partial charge in [-0.05, 0) is 57.6 Å². The first-order valence-electron chi connectivity index (χ1n) is 7.14. The lowest BCUT2D eigenvalue weighted by atomic mass is 9.98. The molecule has 1 aromatic rings. The highest BCUT2D eigenvalue weighted by Crippen LogP contribution is 2.23. The van der Waals surface area contributed by atoms with Crippen molar-refractivity contribution in [3.8, 4) is 0 Å². The zero-order chi connectivity index (χ0) is 13.8. The van der Waals surface area contributed by atoms with E-state index in [2.05, 4.69) is 56.6 Å². The van der Waals surface area contributed by atoms with Crippen LogP contribution in [-0.4, -0.2) is 24.5 Å². The molecule has 1 aliphatic rings. The van der Waals surface area contributed by atoms with Crippen molar-refractivity contribution in [2.45, 2.75) is 62.8 Å². The van der Waals surface area contributed by atoms with Crippen molar-refractivity contribution in [3.05, 3.63) is 29.8 Å². The Balaban J connectivity index is 1.93. The fourth-order valence-corrected chi connectivity index (χ4v) is 3.29. The highest BCUT2D eigenvalue weighted by Gasteiger charge is 2.25.